The average molecular weight is 570 g/mol. The number of nitrogens with zero attached hydrogens (tertiary/aromatic N) is 1. The smallest absolute Gasteiger partial charge is 0.136 e. The van der Waals surface area contributed by atoms with Crippen molar-refractivity contribution in [3.63, 3.8) is 0 Å². The number of furan rings is 1. The predicted octanol–water partition coefficient (Wildman–Crippen LogP) is 11.9. The molecule has 204 valence electrons. The van der Waals surface area contributed by atoms with Crippen molar-refractivity contribution in [3.8, 4) is 0 Å². The van der Waals surface area contributed by atoms with Crippen molar-refractivity contribution in [1.29, 1.82) is 0 Å². The van der Waals surface area contributed by atoms with Gasteiger partial charge in [-0.3, -0.25) is 0 Å². The van der Waals surface area contributed by atoms with Crippen LogP contribution in [0.5, 0.6) is 0 Å². The summed E-state index contributed by atoms with van der Waals surface area (Å²) in [4.78, 5) is 2.41. The molecule has 0 saturated heterocycles. The molecule has 0 N–H and O–H groups in total. The maximum atomic E-state index is 6.36. The highest BCUT2D eigenvalue weighted by Gasteiger charge is 2.20. The molecule has 1 atom stereocenters. The zero-order valence-corrected chi connectivity index (χ0v) is 24.2. The quantitative estimate of drug-likeness (QED) is 0.210. The Morgan fingerprint density at radius 3 is 2.12 bits per heavy atom. The van der Waals surface area contributed by atoms with E-state index in [4.69, 9.17) is 4.42 Å². The molecule has 0 spiro atoms. The summed E-state index contributed by atoms with van der Waals surface area (Å²) in [6.45, 7) is 0. The minimum atomic E-state index is 0.378. The molecule has 8 aromatic rings. The standard InChI is InChI=1S/C40H27NOS/c1-2-8-26(9-3-1)27-14-16-30(17-15-27)41(32-19-21-40-36(25-32)33-12-6-7-13-39(33)43-40)31-18-20-37-35(24-31)34-22-28-10-4-5-11-29(28)23-38(34)42-37/h1-14,16-25,27H,15H2. The highest BCUT2D eigenvalue weighted by atomic mass is 32.1. The monoisotopic (exact) mass is 569 g/mol. The first-order valence-electron chi connectivity index (χ1n) is 14.8. The van der Waals surface area contributed by atoms with Crippen LogP contribution >= 0.6 is 11.3 Å². The van der Waals surface area contributed by atoms with Gasteiger partial charge < -0.3 is 9.32 Å². The highest BCUT2D eigenvalue weighted by Crippen LogP contribution is 2.42. The summed E-state index contributed by atoms with van der Waals surface area (Å²) < 4.78 is 8.99. The van der Waals surface area contributed by atoms with Gasteiger partial charge in [-0.2, -0.15) is 0 Å². The fraction of sp³-hybridized carbons (Fsp3) is 0.0500. The van der Waals surface area contributed by atoms with E-state index in [9.17, 15) is 0 Å². The predicted molar refractivity (Wildman–Crippen MR) is 184 cm³/mol. The third-order valence-corrected chi connectivity index (χ3v) is 9.92. The fourth-order valence-corrected chi connectivity index (χ4v) is 7.70. The Labute approximate surface area is 253 Å². The molecule has 0 radical (unpaired) electrons. The van der Waals surface area contributed by atoms with Gasteiger partial charge in [-0.25, -0.2) is 0 Å². The number of benzene rings is 6. The molecule has 0 aliphatic heterocycles. The molecule has 9 rings (SSSR count). The van der Waals surface area contributed by atoms with E-state index in [1.165, 1.54) is 42.2 Å². The van der Waals surface area contributed by atoms with Crippen molar-refractivity contribution in [2.45, 2.75) is 12.3 Å². The number of thiophene rings is 1. The Hall–Kier alpha value is -5.12. The van der Waals surface area contributed by atoms with Gasteiger partial charge in [0.25, 0.3) is 0 Å². The van der Waals surface area contributed by atoms with Crippen molar-refractivity contribution in [2.24, 2.45) is 0 Å². The van der Waals surface area contributed by atoms with E-state index >= 15 is 0 Å². The summed E-state index contributed by atoms with van der Waals surface area (Å²) in [7, 11) is 0. The van der Waals surface area contributed by atoms with Crippen LogP contribution in [0.25, 0.3) is 52.9 Å². The van der Waals surface area contributed by atoms with Crippen LogP contribution in [-0.2, 0) is 0 Å². The lowest BCUT2D eigenvalue weighted by atomic mass is 9.91. The maximum absolute atomic E-state index is 6.36. The van der Waals surface area contributed by atoms with Crippen molar-refractivity contribution in [2.75, 3.05) is 4.90 Å². The molecule has 0 bridgehead atoms. The number of fused-ring (bicyclic) bond motifs is 7. The molecule has 1 unspecified atom stereocenters. The topological polar surface area (TPSA) is 16.4 Å². The Bertz CT molecular complexity index is 2390. The normalized spacial score (nSPS) is 15.2. The van der Waals surface area contributed by atoms with Crippen LogP contribution < -0.4 is 4.90 Å². The Balaban J connectivity index is 1.22. The zero-order valence-electron chi connectivity index (χ0n) is 23.4. The first-order chi connectivity index (χ1) is 21.3. The lowest BCUT2D eigenvalue weighted by Gasteiger charge is -2.29. The molecule has 0 amide bonds. The summed E-state index contributed by atoms with van der Waals surface area (Å²) in [5.41, 5.74) is 6.64. The largest absolute Gasteiger partial charge is 0.456 e. The summed E-state index contributed by atoms with van der Waals surface area (Å²) in [6.07, 6.45) is 7.99. The van der Waals surface area contributed by atoms with Gasteiger partial charge in [-0.15, -0.1) is 11.3 Å². The fourth-order valence-electron chi connectivity index (χ4n) is 6.61. The second-order valence-corrected chi connectivity index (χ2v) is 12.4. The van der Waals surface area contributed by atoms with Crippen LogP contribution in [-0.4, -0.2) is 0 Å². The van der Waals surface area contributed by atoms with Crippen LogP contribution in [0.1, 0.15) is 17.9 Å². The zero-order chi connectivity index (χ0) is 28.3. The molecule has 0 saturated carbocycles. The van der Waals surface area contributed by atoms with Gasteiger partial charge in [0.15, 0.2) is 0 Å². The molecule has 2 heterocycles. The summed E-state index contributed by atoms with van der Waals surface area (Å²) in [5.74, 6) is 0.378. The molecule has 2 aromatic heterocycles. The van der Waals surface area contributed by atoms with Crippen LogP contribution in [0.15, 0.2) is 156 Å². The summed E-state index contributed by atoms with van der Waals surface area (Å²) >= 11 is 1.86. The summed E-state index contributed by atoms with van der Waals surface area (Å²) in [6, 6.07) is 45.9. The SMILES string of the molecule is C1=CC(c2ccccc2)CC=C1N(c1ccc2oc3cc4ccccc4cc3c2c1)c1ccc2sc3ccccc3c2c1. The molecule has 2 nitrogen and oxygen atoms in total. The maximum Gasteiger partial charge on any atom is 0.136 e. The Morgan fingerprint density at radius 2 is 1.28 bits per heavy atom. The first kappa shape index (κ1) is 24.5. The van der Waals surface area contributed by atoms with Gasteiger partial charge in [0, 0.05) is 53.9 Å². The second kappa shape index (κ2) is 9.72. The van der Waals surface area contributed by atoms with E-state index in [0.717, 1.165) is 39.7 Å². The van der Waals surface area contributed by atoms with E-state index in [1.807, 2.05) is 11.3 Å². The number of hydrogen-bond acceptors (Lipinski definition) is 3. The molecular formula is C40H27NOS. The Morgan fingerprint density at radius 1 is 0.581 bits per heavy atom. The number of anilines is 2. The van der Waals surface area contributed by atoms with Gasteiger partial charge in [-0.05, 0) is 83.4 Å². The van der Waals surface area contributed by atoms with Gasteiger partial charge in [-0.1, -0.05) is 84.9 Å². The van der Waals surface area contributed by atoms with E-state index in [0.29, 0.717) is 5.92 Å². The highest BCUT2D eigenvalue weighted by molar-refractivity contribution is 7.25. The van der Waals surface area contributed by atoms with E-state index in [2.05, 4.69) is 151 Å². The van der Waals surface area contributed by atoms with E-state index in [-0.39, 0.29) is 0 Å². The molecular weight excluding hydrogens is 543 g/mol. The van der Waals surface area contributed by atoms with Gasteiger partial charge in [0.1, 0.15) is 11.2 Å². The minimum absolute atomic E-state index is 0.378. The Kier molecular flexibility index (Phi) is 5.53. The van der Waals surface area contributed by atoms with Crippen molar-refractivity contribution < 1.29 is 4.42 Å². The number of allylic oxidation sites excluding steroid dienone is 3. The van der Waals surface area contributed by atoms with Gasteiger partial charge in [0.2, 0.25) is 0 Å². The lowest BCUT2D eigenvalue weighted by Crippen LogP contribution is -2.17. The third-order valence-electron chi connectivity index (χ3n) is 8.76. The minimum Gasteiger partial charge on any atom is -0.456 e. The van der Waals surface area contributed by atoms with Crippen molar-refractivity contribution in [1.82, 2.24) is 0 Å². The number of rotatable bonds is 4. The van der Waals surface area contributed by atoms with Crippen molar-refractivity contribution >= 4 is 75.6 Å². The molecule has 1 aliphatic rings. The average Bonchev–Trinajstić information content (AvgIpc) is 3.62. The van der Waals surface area contributed by atoms with Crippen LogP contribution in [0, 0.1) is 0 Å². The molecule has 43 heavy (non-hydrogen) atoms. The second-order valence-electron chi connectivity index (χ2n) is 11.3. The summed E-state index contributed by atoms with van der Waals surface area (Å²) in [5, 5.41) is 7.30. The van der Waals surface area contributed by atoms with E-state index in [1.54, 1.807) is 0 Å². The molecule has 3 heteroatoms. The molecule has 6 aromatic carbocycles. The van der Waals surface area contributed by atoms with Gasteiger partial charge in [0.05, 0.1) is 0 Å². The van der Waals surface area contributed by atoms with Crippen LogP contribution in [0.2, 0.25) is 0 Å². The van der Waals surface area contributed by atoms with Crippen LogP contribution in [0.4, 0.5) is 11.4 Å². The van der Waals surface area contributed by atoms with Gasteiger partial charge >= 0.3 is 0 Å². The third kappa shape index (κ3) is 4.08. The van der Waals surface area contributed by atoms with Crippen molar-refractivity contribution in [3.05, 3.63) is 157 Å². The number of hydrogen-bond donors (Lipinski definition) is 0. The lowest BCUT2D eigenvalue weighted by molar-refractivity contribution is 0.669. The first-order valence-corrected chi connectivity index (χ1v) is 15.6. The molecule has 0 fully saturated rings. The molecule has 1 aliphatic carbocycles. The van der Waals surface area contributed by atoms with E-state index < -0.39 is 0 Å². The van der Waals surface area contributed by atoms with Crippen LogP contribution in [0.3, 0.4) is 0 Å².